The van der Waals surface area contributed by atoms with Gasteiger partial charge in [-0.05, 0) is 19.3 Å². The van der Waals surface area contributed by atoms with Crippen LogP contribution in [0.15, 0.2) is 0 Å². The maximum atomic E-state index is 12.1. The molecule has 3 N–H and O–H groups in total. The molecule has 0 spiro atoms. The van der Waals surface area contributed by atoms with Gasteiger partial charge in [0.1, 0.15) is 0 Å². The van der Waals surface area contributed by atoms with E-state index < -0.39 is 5.60 Å². The first-order valence-corrected chi connectivity index (χ1v) is 8.31. The fraction of sp³-hybridized carbons (Fsp3) is 0.938. The van der Waals surface area contributed by atoms with E-state index in [1.54, 1.807) is 0 Å². The highest BCUT2D eigenvalue weighted by atomic mass is 16.5. The average molecular weight is 296 g/mol. The molecule has 5 heteroatoms. The molecule has 3 atom stereocenters. The van der Waals surface area contributed by atoms with Crippen LogP contribution in [-0.4, -0.2) is 42.0 Å². The Kier molecular flexibility index (Phi) is 3.91. The number of urea groups is 1. The third kappa shape index (κ3) is 2.78. The summed E-state index contributed by atoms with van der Waals surface area (Å²) in [5, 5.41) is 16.4. The summed E-state index contributed by atoms with van der Waals surface area (Å²) in [4.78, 5) is 12.1. The number of nitrogens with one attached hydrogen (secondary N) is 2. The summed E-state index contributed by atoms with van der Waals surface area (Å²) in [6, 6.07) is 0.0171. The average Bonchev–Trinajstić information content (AvgIpc) is 2.90. The van der Waals surface area contributed by atoms with Crippen LogP contribution in [0.5, 0.6) is 0 Å². The van der Waals surface area contributed by atoms with Crippen molar-refractivity contribution in [3.8, 4) is 0 Å². The molecule has 0 bridgehead atoms. The zero-order valence-corrected chi connectivity index (χ0v) is 13.2. The van der Waals surface area contributed by atoms with Gasteiger partial charge in [0.05, 0.1) is 11.7 Å². The molecule has 0 aromatic rings. The largest absolute Gasteiger partial charge is 0.388 e. The van der Waals surface area contributed by atoms with Crippen molar-refractivity contribution in [2.75, 3.05) is 13.2 Å². The maximum Gasteiger partial charge on any atom is 0.315 e. The van der Waals surface area contributed by atoms with Crippen molar-refractivity contribution in [2.24, 2.45) is 11.3 Å². The second-order valence-electron chi connectivity index (χ2n) is 7.65. The van der Waals surface area contributed by atoms with Crippen LogP contribution in [0.2, 0.25) is 0 Å². The molecule has 1 aliphatic heterocycles. The molecule has 0 aromatic heterocycles. The van der Waals surface area contributed by atoms with E-state index in [1.807, 2.05) is 0 Å². The molecule has 3 unspecified atom stereocenters. The third-order valence-corrected chi connectivity index (χ3v) is 5.75. The van der Waals surface area contributed by atoms with E-state index in [0.29, 0.717) is 12.5 Å². The first-order valence-electron chi connectivity index (χ1n) is 8.31. The number of amides is 2. The first kappa shape index (κ1) is 15.1. The van der Waals surface area contributed by atoms with Gasteiger partial charge in [-0.2, -0.15) is 0 Å². The van der Waals surface area contributed by atoms with Gasteiger partial charge >= 0.3 is 6.03 Å². The lowest BCUT2D eigenvalue weighted by Crippen LogP contribution is -2.68. The van der Waals surface area contributed by atoms with Crippen LogP contribution in [0.3, 0.4) is 0 Å². The van der Waals surface area contributed by atoms with E-state index in [2.05, 4.69) is 24.5 Å². The van der Waals surface area contributed by atoms with Crippen molar-refractivity contribution in [1.29, 1.82) is 0 Å². The van der Waals surface area contributed by atoms with E-state index in [1.165, 1.54) is 6.42 Å². The smallest absolute Gasteiger partial charge is 0.315 e. The highest BCUT2D eigenvalue weighted by Crippen LogP contribution is 2.52. The minimum atomic E-state index is -0.705. The number of carbonyl (C=O) groups is 1. The summed E-state index contributed by atoms with van der Waals surface area (Å²) in [5.74, 6) is 0.448. The van der Waals surface area contributed by atoms with Crippen LogP contribution in [-0.2, 0) is 4.74 Å². The Balaban J connectivity index is 1.48. The first-order chi connectivity index (χ1) is 9.92. The summed E-state index contributed by atoms with van der Waals surface area (Å²) in [6.07, 6.45) is 6.19. The van der Waals surface area contributed by atoms with Gasteiger partial charge in [0.15, 0.2) is 0 Å². The Bertz CT molecular complexity index is 404. The van der Waals surface area contributed by atoms with Crippen LogP contribution in [0.1, 0.15) is 52.4 Å². The van der Waals surface area contributed by atoms with Gasteiger partial charge in [0.2, 0.25) is 0 Å². The Morgan fingerprint density at radius 1 is 1.29 bits per heavy atom. The van der Waals surface area contributed by atoms with Gasteiger partial charge in [0, 0.05) is 30.5 Å². The fourth-order valence-electron chi connectivity index (χ4n) is 4.44. The molecule has 3 fully saturated rings. The lowest BCUT2D eigenvalue weighted by Gasteiger charge is -2.54. The number of carbonyl (C=O) groups excluding carboxylic acids is 1. The number of hydrogen-bond acceptors (Lipinski definition) is 3. The van der Waals surface area contributed by atoms with Gasteiger partial charge in [0.25, 0.3) is 0 Å². The molecule has 120 valence electrons. The van der Waals surface area contributed by atoms with E-state index in [9.17, 15) is 9.90 Å². The normalized spacial score (nSPS) is 36.4. The summed E-state index contributed by atoms with van der Waals surface area (Å²) >= 11 is 0. The minimum absolute atomic E-state index is 0.000245. The topological polar surface area (TPSA) is 70.6 Å². The van der Waals surface area contributed by atoms with Gasteiger partial charge < -0.3 is 20.5 Å². The highest BCUT2D eigenvalue weighted by Gasteiger charge is 2.59. The second-order valence-corrected chi connectivity index (χ2v) is 7.65. The van der Waals surface area contributed by atoms with Crippen molar-refractivity contribution < 1.29 is 14.6 Å². The lowest BCUT2D eigenvalue weighted by molar-refractivity contribution is -0.108. The van der Waals surface area contributed by atoms with E-state index in [4.69, 9.17) is 4.74 Å². The van der Waals surface area contributed by atoms with Gasteiger partial charge in [-0.25, -0.2) is 4.79 Å². The van der Waals surface area contributed by atoms with Gasteiger partial charge in [-0.15, -0.1) is 0 Å². The molecule has 2 saturated carbocycles. The molecule has 3 aliphatic rings. The predicted molar refractivity (Wildman–Crippen MR) is 80.0 cm³/mol. The Hall–Kier alpha value is -0.810. The molecule has 3 rings (SSSR count). The van der Waals surface area contributed by atoms with Crippen LogP contribution >= 0.6 is 0 Å². The Morgan fingerprint density at radius 3 is 2.71 bits per heavy atom. The number of hydrogen-bond donors (Lipinski definition) is 3. The summed E-state index contributed by atoms with van der Waals surface area (Å²) in [6.45, 7) is 5.47. The quantitative estimate of drug-likeness (QED) is 0.743. The zero-order chi connectivity index (χ0) is 15.1. The standard InChI is InChI=1S/C16H28N2O3/c1-15(2)12(11-6-9-21-13(11)15)18-14(19)17-10-16(20)7-4-3-5-8-16/h11-13,20H,3-10H2,1-2H3,(H2,17,18,19). The second kappa shape index (κ2) is 5.43. The van der Waals surface area contributed by atoms with Gasteiger partial charge in [-0.1, -0.05) is 33.1 Å². The number of ether oxygens (including phenoxy) is 1. The molecular formula is C16H28N2O3. The fourth-order valence-corrected chi connectivity index (χ4v) is 4.44. The molecule has 5 nitrogen and oxygen atoms in total. The van der Waals surface area contributed by atoms with E-state index in [0.717, 1.165) is 38.7 Å². The number of rotatable bonds is 3. The molecule has 2 aliphatic carbocycles. The summed E-state index contributed by atoms with van der Waals surface area (Å²) in [7, 11) is 0. The van der Waals surface area contributed by atoms with E-state index in [-0.39, 0.29) is 23.6 Å². The Labute approximate surface area is 126 Å². The van der Waals surface area contributed by atoms with Crippen molar-refractivity contribution in [3.05, 3.63) is 0 Å². The third-order valence-electron chi connectivity index (χ3n) is 5.75. The van der Waals surface area contributed by atoms with Crippen LogP contribution in [0, 0.1) is 11.3 Å². The predicted octanol–water partition coefficient (Wildman–Crippen LogP) is 1.79. The minimum Gasteiger partial charge on any atom is -0.388 e. The van der Waals surface area contributed by atoms with E-state index >= 15 is 0 Å². The van der Waals surface area contributed by atoms with Gasteiger partial charge in [-0.3, -0.25) is 0 Å². The maximum absolute atomic E-state index is 12.1. The molecule has 21 heavy (non-hydrogen) atoms. The van der Waals surface area contributed by atoms with Crippen molar-refractivity contribution in [2.45, 2.75) is 70.1 Å². The molecular weight excluding hydrogens is 268 g/mol. The van der Waals surface area contributed by atoms with Crippen LogP contribution in [0.4, 0.5) is 4.79 Å². The monoisotopic (exact) mass is 296 g/mol. The molecule has 1 saturated heterocycles. The highest BCUT2D eigenvalue weighted by molar-refractivity contribution is 5.74. The molecule has 0 radical (unpaired) electrons. The van der Waals surface area contributed by atoms with Crippen molar-refractivity contribution >= 4 is 6.03 Å². The van der Waals surface area contributed by atoms with Crippen molar-refractivity contribution in [3.63, 3.8) is 0 Å². The van der Waals surface area contributed by atoms with Crippen LogP contribution < -0.4 is 10.6 Å². The molecule has 2 amide bonds. The lowest BCUT2D eigenvalue weighted by atomic mass is 9.57. The Morgan fingerprint density at radius 2 is 2.00 bits per heavy atom. The van der Waals surface area contributed by atoms with Crippen molar-refractivity contribution in [1.82, 2.24) is 10.6 Å². The summed E-state index contributed by atoms with van der Waals surface area (Å²) in [5.41, 5.74) is -0.704. The molecule has 1 heterocycles. The summed E-state index contributed by atoms with van der Waals surface area (Å²) < 4.78 is 5.74. The zero-order valence-electron chi connectivity index (χ0n) is 13.2. The van der Waals surface area contributed by atoms with Crippen LogP contribution in [0.25, 0.3) is 0 Å². The number of fused-ring (bicyclic) bond motifs is 1. The number of aliphatic hydroxyl groups is 1. The molecule has 0 aromatic carbocycles. The SMILES string of the molecule is CC1(C)C(NC(=O)NCC2(O)CCCCC2)C2CCOC21.